The molecule has 1 fully saturated rings. The fraction of sp³-hybridized carbons (Fsp3) is 0.474. The molecule has 1 heterocycles. The van der Waals surface area contributed by atoms with Gasteiger partial charge in [-0.1, -0.05) is 121 Å². The summed E-state index contributed by atoms with van der Waals surface area (Å²) in [7, 11) is 0. The molecule has 5 aromatic carbocycles. The van der Waals surface area contributed by atoms with Gasteiger partial charge in [-0.05, 0) is 184 Å². The zero-order chi connectivity index (χ0) is 69.3. The first-order valence-corrected chi connectivity index (χ1v) is 33.7. The maximum atomic E-state index is 12.8. The van der Waals surface area contributed by atoms with Crippen molar-refractivity contribution < 1.29 is 88.7 Å². The monoisotopic (exact) mass is 1310 g/mol. The van der Waals surface area contributed by atoms with Crippen LogP contribution in [0.3, 0.4) is 0 Å². The molecule has 19 nitrogen and oxygen atoms in total. The fourth-order valence-electron chi connectivity index (χ4n) is 12.9. The summed E-state index contributed by atoms with van der Waals surface area (Å²) >= 11 is 0. The number of unbranched alkanes of at least 4 members (excludes halogenated alkanes) is 7. The molecule has 0 bridgehead atoms. The van der Waals surface area contributed by atoms with Gasteiger partial charge in [-0.15, -0.1) is 0 Å². The first-order valence-electron chi connectivity index (χ1n) is 33.7. The van der Waals surface area contributed by atoms with Gasteiger partial charge < -0.3 is 60.4 Å². The number of allylic oxidation sites excluding steroid dienone is 2. The molecule has 0 aromatic heterocycles. The molecule has 1 saturated carbocycles. The number of benzene rings is 5. The van der Waals surface area contributed by atoms with Crippen LogP contribution < -0.4 is 14.8 Å². The highest BCUT2D eigenvalue weighted by Gasteiger charge is 2.38. The first kappa shape index (κ1) is 75.0. The number of fused-ring (bicyclic) bond motifs is 2. The maximum absolute atomic E-state index is 12.8. The maximum Gasteiger partial charge on any atom is 0.348 e. The highest BCUT2D eigenvalue weighted by atomic mass is 16.6. The number of aryl methyl sites for hydroxylation is 4. The molecule has 6 atom stereocenters. The largest absolute Gasteiger partial charge is 0.507 e. The van der Waals surface area contributed by atoms with Gasteiger partial charge in [0.1, 0.15) is 57.9 Å². The number of carbonyl (C=O) groups excluding carboxylic acids is 4. The van der Waals surface area contributed by atoms with E-state index >= 15 is 0 Å². The number of rotatable bonds is 27. The van der Waals surface area contributed by atoms with Crippen molar-refractivity contribution in [2.75, 3.05) is 6.61 Å². The Hall–Kier alpha value is -9.00. The Labute approximate surface area is 556 Å². The van der Waals surface area contributed by atoms with Crippen molar-refractivity contribution in [3.8, 4) is 34.5 Å². The number of hydrogen-bond donors (Lipinski definition) is 9. The summed E-state index contributed by atoms with van der Waals surface area (Å²) in [6.45, 7) is 9.89. The van der Waals surface area contributed by atoms with Crippen LogP contribution in [-0.4, -0.2) is 107 Å². The van der Waals surface area contributed by atoms with E-state index < -0.39 is 47.3 Å². The predicted octanol–water partition coefficient (Wildman–Crippen LogP) is 14.6. The minimum atomic E-state index is -1.40. The lowest BCUT2D eigenvalue weighted by Crippen LogP contribution is -2.41. The second-order valence-corrected chi connectivity index (χ2v) is 25.4. The number of aromatic carboxylic acids is 3. The molecule has 9 rings (SSSR count). The molecular formula is C76H95NO18. The van der Waals surface area contributed by atoms with E-state index in [2.05, 4.69) is 51.2 Å². The summed E-state index contributed by atoms with van der Waals surface area (Å²) < 4.78 is 10.7. The van der Waals surface area contributed by atoms with Gasteiger partial charge in [0, 0.05) is 36.7 Å². The zero-order valence-electron chi connectivity index (χ0n) is 55.5. The van der Waals surface area contributed by atoms with E-state index in [0.717, 1.165) is 149 Å². The number of ketones is 3. The number of aliphatic carboxylic acids is 1. The van der Waals surface area contributed by atoms with Crippen LogP contribution in [-0.2, 0) is 51.3 Å². The molecule has 9 N–H and O–H groups in total. The van der Waals surface area contributed by atoms with Gasteiger partial charge in [-0.25, -0.2) is 19.2 Å². The summed E-state index contributed by atoms with van der Waals surface area (Å²) in [5.41, 5.74) is 7.08. The molecular weight excluding hydrogens is 1210 g/mol. The van der Waals surface area contributed by atoms with Crippen molar-refractivity contribution in [1.82, 2.24) is 5.32 Å². The number of carboxylic acid groups (broad SMARTS) is 4. The Balaban J connectivity index is 0.000000201. The van der Waals surface area contributed by atoms with E-state index in [1.165, 1.54) is 6.07 Å². The van der Waals surface area contributed by atoms with Crippen LogP contribution in [0.25, 0.3) is 0 Å². The molecule has 1 amide bonds. The predicted molar refractivity (Wildman–Crippen MR) is 360 cm³/mol. The number of carbonyl (C=O) groups is 8. The standard InChI is InChI=1S/C22H25NO3.C19H24O4.C19H26O4.C16H20O7/c1-2-3-5-8-15-11-18-17(16-9-6-4-7-10-16)13-19(23-14-24)22(26)21(18)20(25)12-15;1-13(20)7-5-6-10-15-11-16(14-8-3-2-4-9-14)12-17(18(15)21)19(22)23;1-3-4-5-13-10-17(19(22)23)18(21)11-15(13)8-14-9-16(20)7-6-12(14)2;1-2-3-4-5-6-9-7-10(17)12(16(20)21)14-13(9)22-8-11(23-14)15(18)19/h4,6-7,9-12,14,17,19,25H,2-3,5,8,13H2,1H3,(H,23,24);3,8,11-12,14,21H,2,4-7,9-10H2,1H3,(H,22,23);10-12,14,21H,3-9H2,1-2H3,(H,22,23);7,11,17H,2-6,8H2,1H3,(H,18,19)(H,20,21). The van der Waals surface area contributed by atoms with Crippen LogP contribution >= 0.6 is 0 Å². The van der Waals surface area contributed by atoms with E-state index in [1.54, 1.807) is 31.2 Å². The molecule has 19 heteroatoms. The second kappa shape index (κ2) is 37.2. The summed E-state index contributed by atoms with van der Waals surface area (Å²) in [4.78, 5) is 91.5. The molecule has 6 unspecified atom stereocenters. The number of phenols is 4. The lowest BCUT2D eigenvalue weighted by Gasteiger charge is -2.31. The summed E-state index contributed by atoms with van der Waals surface area (Å²) in [5, 5.41) is 80.2. The molecule has 0 spiro atoms. The van der Waals surface area contributed by atoms with Gasteiger partial charge in [0.15, 0.2) is 17.3 Å². The summed E-state index contributed by atoms with van der Waals surface area (Å²) in [6.07, 6.45) is 24.4. The van der Waals surface area contributed by atoms with Crippen molar-refractivity contribution in [1.29, 1.82) is 0 Å². The number of nitrogens with one attached hydrogen (secondary N) is 1. The molecule has 4 aliphatic rings. The van der Waals surface area contributed by atoms with Gasteiger partial charge in [0.2, 0.25) is 12.5 Å². The normalized spacial score (nSPS) is 18.5. The third-order valence-corrected chi connectivity index (χ3v) is 18.2. The molecule has 0 saturated heterocycles. The van der Waals surface area contributed by atoms with Gasteiger partial charge >= 0.3 is 23.9 Å². The Morgan fingerprint density at radius 3 is 1.96 bits per heavy atom. The minimum absolute atomic E-state index is 0.0250. The quantitative estimate of drug-likeness (QED) is 0.0134. The van der Waals surface area contributed by atoms with Crippen LogP contribution in [0.15, 0.2) is 84.9 Å². The summed E-state index contributed by atoms with van der Waals surface area (Å²) in [6, 6.07) is 21.2. The van der Waals surface area contributed by atoms with E-state index in [9.17, 15) is 74.1 Å². The Morgan fingerprint density at radius 2 is 1.32 bits per heavy atom. The Kier molecular flexibility index (Phi) is 29.4. The molecule has 512 valence electrons. The van der Waals surface area contributed by atoms with E-state index in [1.807, 2.05) is 36.4 Å². The average Bonchev–Trinajstić information content (AvgIpc) is 0.771. The molecule has 5 aromatic rings. The molecule has 95 heavy (non-hydrogen) atoms. The zero-order valence-corrected chi connectivity index (χ0v) is 55.5. The van der Waals surface area contributed by atoms with Crippen molar-refractivity contribution in [2.45, 2.75) is 213 Å². The van der Waals surface area contributed by atoms with Crippen molar-refractivity contribution in [3.05, 3.63) is 152 Å². The Morgan fingerprint density at radius 1 is 0.653 bits per heavy atom. The number of hydrogen-bond acceptors (Lipinski definition) is 14. The van der Waals surface area contributed by atoms with Gasteiger partial charge in [0.25, 0.3) is 0 Å². The van der Waals surface area contributed by atoms with E-state index in [0.29, 0.717) is 73.3 Å². The first-order chi connectivity index (χ1) is 45.5. The lowest BCUT2D eigenvalue weighted by molar-refractivity contribution is -0.147. The fourth-order valence-corrected chi connectivity index (χ4v) is 12.9. The Bertz CT molecular complexity index is 3520. The molecule has 3 aliphatic carbocycles. The third kappa shape index (κ3) is 21.2. The SMILES string of the molecule is CC(=O)CCCCc1cc(C2C=CCCC2)cc(C(=O)O)c1O.CCCCCCc1cc(O)c(C(=O)O)c2c1OCC(C(=O)O)O2.CCCCCc1cc(O)c2c(c1)C(c1ccccc1)CC(NC=O)C2=O.CCCCc1cc(C(=O)O)c(O)cc1CC1CC(=O)CCC1C. The number of ether oxygens (including phenoxy) is 2. The van der Waals surface area contributed by atoms with Crippen molar-refractivity contribution in [3.63, 3.8) is 0 Å². The van der Waals surface area contributed by atoms with Crippen LogP contribution in [0, 0.1) is 11.8 Å². The van der Waals surface area contributed by atoms with Crippen molar-refractivity contribution in [2.24, 2.45) is 11.8 Å². The third-order valence-electron chi connectivity index (χ3n) is 18.2. The van der Waals surface area contributed by atoms with Crippen LogP contribution in [0.2, 0.25) is 0 Å². The van der Waals surface area contributed by atoms with E-state index in [4.69, 9.17) is 14.6 Å². The number of Topliss-reactive ketones (excluding diaryl/α,β-unsaturated/α-hetero) is 3. The van der Waals surface area contributed by atoms with E-state index in [-0.39, 0.29) is 75.8 Å². The molecule has 1 aliphatic heterocycles. The highest BCUT2D eigenvalue weighted by molar-refractivity contribution is 6.06. The minimum Gasteiger partial charge on any atom is -0.507 e. The highest BCUT2D eigenvalue weighted by Crippen LogP contribution is 2.45. The topological polar surface area (TPSA) is 329 Å². The van der Waals surface area contributed by atoms with Crippen LogP contribution in [0.4, 0.5) is 0 Å². The van der Waals surface area contributed by atoms with Gasteiger partial charge in [0.05, 0.1) is 11.6 Å². The van der Waals surface area contributed by atoms with Crippen LogP contribution in [0.5, 0.6) is 34.5 Å². The second-order valence-electron chi connectivity index (χ2n) is 25.4. The summed E-state index contributed by atoms with van der Waals surface area (Å²) in [5.74, 6) is -4.37. The van der Waals surface area contributed by atoms with Crippen LogP contribution in [0.1, 0.15) is 254 Å². The van der Waals surface area contributed by atoms with Crippen molar-refractivity contribution >= 4 is 47.6 Å². The average molecular weight is 1310 g/mol. The number of aromatic hydroxyl groups is 4. The van der Waals surface area contributed by atoms with Gasteiger partial charge in [-0.2, -0.15) is 0 Å². The van der Waals surface area contributed by atoms with Gasteiger partial charge in [-0.3, -0.25) is 14.4 Å². The molecule has 0 radical (unpaired) electrons. The number of phenolic OH excluding ortho intramolecular Hbond substituents is 1. The lowest BCUT2D eigenvalue weighted by atomic mass is 9.75. The smallest absolute Gasteiger partial charge is 0.348 e. The number of amides is 1. The number of carboxylic acids is 4.